The molecule has 6 heteroatoms. The zero-order valence-corrected chi connectivity index (χ0v) is 10.3. The molecular formula is C12H18F3N3. The molecule has 0 aliphatic carbocycles. The maximum Gasteiger partial charge on any atom is 0.389 e. The number of hydrogen-bond acceptors (Lipinski definition) is 3. The summed E-state index contributed by atoms with van der Waals surface area (Å²) in [6, 6.07) is 1.84. The molecular weight excluding hydrogens is 243 g/mol. The largest absolute Gasteiger partial charge is 0.389 e. The van der Waals surface area contributed by atoms with Crippen LogP contribution < -0.4 is 10.6 Å². The van der Waals surface area contributed by atoms with E-state index in [4.69, 9.17) is 0 Å². The van der Waals surface area contributed by atoms with Crippen LogP contribution in [0.2, 0.25) is 0 Å². The Bertz CT molecular complexity index is 353. The van der Waals surface area contributed by atoms with Gasteiger partial charge < -0.3 is 10.6 Å². The topological polar surface area (TPSA) is 37.0 Å². The Kier molecular flexibility index (Phi) is 5.74. The fourth-order valence-electron chi connectivity index (χ4n) is 1.42. The van der Waals surface area contributed by atoms with E-state index >= 15 is 0 Å². The van der Waals surface area contributed by atoms with E-state index in [1.54, 1.807) is 12.4 Å². The Morgan fingerprint density at radius 3 is 2.28 bits per heavy atom. The van der Waals surface area contributed by atoms with Gasteiger partial charge in [-0.15, -0.1) is 0 Å². The minimum atomic E-state index is -4.08. The molecule has 1 heterocycles. The number of nitrogens with one attached hydrogen (secondary N) is 2. The number of aromatic nitrogens is 1. The maximum atomic E-state index is 11.9. The second-order valence-corrected chi connectivity index (χ2v) is 4.03. The number of anilines is 2. The summed E-state index contributed by atoms with van der Waals surface area (Å²) in [6.45, 7) is 3.19. The molecule has 0 fully saturated rings. The quantitative estimate of drug-likeness (QED) is 0.735. The summed E-state index contributed by atoms with van der Waals surface area (Å²) in [5.74, 6) is 0. The molecule has 18 heavy (non-hydrogen) atoms. The van der Waals surface area contributed by atoms with Crippen molar-refractivity contribution in [3.8, 4) is 0 Å². The van der Waals surface area contributed by atoms with E-state index in [1.807, 2.05) is 6.07 Å². The van der Waals surface area contributed by atoms with Crippen LogP contribution in [0.4, 0.5) is 24.5 Å². The van der Waals surface area contributed by atoms with Gasteiger partial charge in [0.15, 0.2) is 0 Å². The van der Waals surface area contributed by atoms with Crippen LogP contribution in [0.1, 0.15) is 26.2 Å². The van der Waals surface area contributed by atoms with E-state index in [0.29, 0.717) is 6.54 Å². The summed E-state index contributed by atoms with van der Waals surface area (Å²) < 4.78 is 35.8. The first-order chi connectivity index (χ1) is 8.51. The molecule has 102 valence electrons. The lowest BCUT2D eigenvalue weighted by molar-refractivity contribution is -0.134. The third-order valence-corrected chi connectivity index (χ3v) is 2.28. The van der Waals surface area contributed by atoms with Crippen molar-refractivity contribution in [2.45, 2.75) is 32.4 Å². The van der Waals surface area contributed by atoms with Crippen LogP contribution in [0.5, 0.6) is 0 Å². The van der Waals surface area contributed by atoms with E-state index in [9.17, 15) is 13.2 Å². The SMILES string of the molecule is CCCNc1cncc(NCCCC(F)(F)F)c1. The van der Waals surface area contributed by atoms with Gasteiger partial charge in [-0.25, -0.2) is 0 Å². The van der Waals surface area contributed by atoms with Gasteiger partial charge in [0, 0.05) is 19.5 Å². The Balaban J connectivity index is 2.33. The third kappa shape index (κ3) is 6.32. The number of halogens is 3. The molecule has 0 radical (unpaired) electrons. The Hall–Kier alpha value is -1.46. The average molecular weight is 261 g/mol. The van der Waals surface area contributed by atoms with Gasteiger partial charge in [-0.2, -0.15) is 13.2 Å². The van der Waals surface area contributed by atoms with Crippen LogP contribution in [-0.2, 0) is 0 Å². The molecule has 0 atom stereocenters. The molecule has 0 spiro atoms. The van der Waals surface area contributed by atoms with E-state index in [-0.39, 0.29) is 6.42 Å². The highest BCUT2D eigenvalue weighted by Crippen LogP contribution is 2.21. The van der Waals surface area contributed by atoms with Crippen molar-refractivity contribution in [1.29, 1.82) is 0 Å². The summed E-state index contributed by atoms with van der Waals surface area (Å²) in [5.41, 5.74) is 1.61. The average Bonchev–Trinajstić information content (AvgIpc) is 2.31. The van der Waals surface area contributed by atoms with Crippen molar-refractivity contribution in [3.05, 3.63) is 18.5 Å². The van der Waals surface area contributed by atoms with Gasteiger partial charge >= 0.3 is 6.18 Å². The molecule has 1 rings (SSSR count). The summed E-state index contributed by atoms with van der Waals surface area (Å²) in [6.07, 6.45) is -0.480. The van der Waals surface area contributed by atoms with Gasteiger partial charge in [0.05, 0.1) is 23.8 Å². The highest BCUT2D eigenvalue weighted by atomic mass is 19.4. The Morgan fingerprint density at radius 1 is 1.11 bits per heavy atom. The summed E-state index contributed by atoms with van der Waals surface area (Å²) in [5, 5.41) is 6.10. The molecule has 0 aliphatic rings. The van der Waals surface area contributed by atoms with Crippen molar-refractivity contribution in [2.75, 3.05) is 23.7 Å². The van der Waals surface area contributed by atoms with Gasteiger partial charge in [0.2, 0.25) is 0 Å². The molecule has 0 aliphatic heterocycles. The van der Waals surface area contributed by atoms with Crippen LogP contribution in [0.3, 0.4) is 0 Å². The van der Waals surface area contributed by atoms with Gasteiger partial charge in [-0.05, 0) is 18.9 Å². The van der Waals surface area contributed by atoms with E-state index in [0.717, 1.165) is 24.3 Å². The van der Waals surface area contributed by atoms with Gasteiger partial charge in [-0.1, -0.05) is 6.92 Å². The van der Waals surface area contributed by atoms with Gasteiger partial charge in [0.25, 0.3) is 0 Å². The molecule has 0 saturated carbocycles. The number of nitrogens with zero attached hydrogens (tertiary/aromatic N) is 1. The highest BCUT2D eigenvalue weighted by molar-refractivity contribution is 5.53. The second-order valence-electron chi connectivity index (χ2n) is 4.03. The number of pyridine rings is 1. The molecule has 0 amide bonds. The van der Waals surface area contributed by atoms with Crippen molar-refractivity contribution in [1.82, 2.24) is 4.98 Å². The fourth-order valence-corrected chi connectivity index (χ4v) is 1.42. The van der Waals surface area contributed by atoms with Crippen molar-refractivity contribution in [2.24, 2.45) is 0 Å². The summed E-state index contributed by atoms with van der Waals surface area (Å²) in [7, 11) is 0. The predicted octanol–water partition coefficient (Wildman–Crippen LogP) is 3.66. The number of rotatable bonds is 7. The summed E-state index contributed by atoms with van der Waals surface area (Å²) in [4.78, 5) is 4.02. The first-order valence-corrected chi connectivity index (χ1v) is 6.01. The van der Waals surface area contributed by atoms with Gasteiger partial charge in [0.1, 0.15) is 0 Å². The highest BCUT2D eigenvalue weighted by Gasteiger charge is 2.25. The minimum absolute atomic E-state index is 0.0656. The van der Waals surface area contributed by atoms with Crippen LogP contribution in [0.25, 0.3) is 0 Å². The second kappa shape index (κ2) is 7.08. The molecule has 0 aromatic carbocycles. The van der Waals surface area contributed by atoms with E-state index < -0.39 is 12.6 Å². The Labute approximate surface area is 105 Å². The fraction of sp³-hybridized carbons (Fsp3) is 0.583. The molecule has 0 bridgehead atoms. The lowest BCUT2D eigenvalue weighted by atomic mass is 10.3. The normalized spacial score (nSPS) is 11.3. The monoisotopic (exact) mass is 261 g/mol. The maximum absolute atomic E-state index is 11.9. The van der Waals surface area contributed by atoms with Crippen LogP contribution in [0.15, 0.2) is 18.5 Å². The zero-order valence-electron chi connectivity index (χ0n) is 10.3. The molecule has 0 saturated heterocycles. The molecule has 2 N–H and O–H groups in total. The standard InChI is InChI=1S/C12H18F3N3/c1-2-5-17-10-7-11(9-16-8-10)18-6-3-4-12(13,14)15/h7-9,17-18H,2-6H2,1H3. The first-order valence-electron chi connectivity index (χ1n) is 6.01. The molecule has 1 aromatic heterocycles. The van der Waals surface area contributed by atoms with E-state index in [1.165, 1.54) is 0 Å². The summed E-state index contributed by atoms with van der Waals surface area (Å²) >= 11 is 0. The van der Waals surface area contributed by atoms with Crippen molar-refractivity contribution >= 4 is 11.4 Å². The Morgan fingerprint density at radius 2 is 1.72 bits per heavy atom. The third-order valence-electron chi connectivity index (χ3n) is 2.28. The predicted molar refractivity (Wildman–Crippen MR) is 66.8 cm³/mol. The van der Waals surface area contributed by atoms with E-state index in [2.05, 4.69) is 22.5 Å². The minimum Gasteiger partial charge on any atom is -0.384 e. The van der Waals surface area contributed by atoms with Crippen LogP contribution in [0, 0.1) is 0 Å². The lowest BCUT2D eigenvalue weighted by Gasteiger charge is -2.10. The smallest absolute Gasteiger partial charge is 0.384 e. The number of alkyl halides is 3. The van der Waals surface area contributed by atoms with Gasteiger partial charge in [-0.3, -0.25) is 4.98 Å². The zero-order chi connectivity index (χ0) is 13.4. The molecule has 3 nitrogen and oxygen atoms in total. The van der Waals surface area contributed by atoms with Crippen LogP contribution >= 0.6 is 0 Å². The van der Waals surface area contributed by atoms with Crippen LogP contribution in [-0.4, -0.2) is 24.2 Å². The first kappa shape index (κ1) is 14.6. The lowest BCUT2D eigenvalue weighted by Crippen LogP contribution is -2.11. The number of hydrogen-bond donors (Lipinski definition) is 2. The molecule has 1 aromatic rings. The molecule has 0 unspecified atom stereocenters. The van der Waals surface area contributed by atoms with Crippen molar-refractivity contribution in [3.63, 3.8) is 0 Å². The van der Waals surface area contributed by atoms with Crippen molar-refractivity contribution < 1.29 is 13.2 Å².